The fourth-order valence-electron chi connectivity index (χ4n) is 3.47. The van der Waals surface area contributed by atoms with Crippen molar-refractivity contribution in [2.24, 2.45) is 5.11 Å². The molecule has 13 heteroatoms. The molecule has 11 nitrogen and oxygen atoms in total. The molecule has 0 aliphatic carbocycles. The Morgan fingerprint density at radius 2 is 1.90 bits per heavy atom. The van der Waals surface area contributed by atoms with Gasteiger partial charge in [-0.3, -0.25) is 9.36 Å². The third-order valence-corrected chi connectivity index (χ3v) is 8.45. The van der Waals surface area contributed by atoms with Crippen molar-refractivity contribution in [3.63, 3.8) is 0 Å². The van der Waals surface area contributed by atoms with E-state index in [4.69, 9.17) is 19.3 Å². The number of aliphatic carboxylic acids is 1. The maximum absolute atomic E-state index is 14.0. The Morgan fingerprint density at radius 3 is 2.32 bits per heavy atom. The van der Waals surface area contributed by atoms with Crippen molar-refractivity contribution < 1.29 is 33.0 Å². The van der Waals surface area contributed by atoms with Crippen LogP contribution in [0.15, 0.2) is 29.4 Å². The summed E-state index contributed by atoms with van der Waals surface area (Å²) in [5, 5.41) is 10.7. The second-order valence-corrected chi connectivity index (χ2v) is 9.67. The number of likely N-dealkylation sites (tertiary alicyclic amines) is 1. The molecule has 1 N–H and O–H groups in total. The maximum Gasteiger partial charge on any atom is 0.368 e. The number of methoxy groups -OCH3 is 1. The minimum absolute atomic E-state index is 0.0966. The van der Waals surface area contributed by atoms with E-state index in [1.54, 1.807) is 44.4 Å². The molecule has 2 rings (SSSR count). The van der Waals surface area contributed by atoms with Gasteiger partial charge in [0.2, 0.25) is 11.2 Å². The molecular weight excluding hydrogens is 447 g/mol. The zero-order valence-electron chi connectivity index (χ0n) is 17.6. The quantitative estimate of drug-likeness (QED) is 0.160. The van der Waals surface area contributed by atoms with Gasteiger partial charge in [0, 0.05) is 11.3 Å². The number of azide groups is 1. The SMILES string of the molecule is CCOP(=O)(OCC)C(Cc1ccc(OC)cc1)(C(=O)O)N1C(=O)C(N=[N+]=[N-])C1SC. The van der Waals surface area contributed by atoms with Crippen molar-refractivity contribution in [3.8, 4) is 5.75 Å². The predicted molar refractivity (Wildman–Crippen MR) is 115 cm³/mol. The second kappa shape index (κ2) is 10.4. The summed E-state index contributed by atoms with van der Waals surface area (Å²) in [5.41, 5.74) is 9.26. The van der Waals surface area contributed by atoms with E-state index < -0.39 is 36.2 Å². The van der Waals surface area contributed by atoms with Gasteiger partial charge in [0.25, 0.3) is 0 Å². The van der Waals surface area contributed by atoms with E-state index >= 15 is 0 Å². The van der Waals surface area contributed by atoms with E-state index in [1.165, 1.54) is 7.11 Å². The molecule has 1 aromatic carbocycles. The molecule has 1 aliphatic rings. The van der Waals surface area contributed by atoms with Gasteiger partial charge in [-0.05, 0) is 43.3 Å². The number of amides is 1. The Morgan fingerprint density at radius 1 is 1.32 bits per heavy atom. The molecule has 1 saturated heterocycles. The fourth-order valence-corrected chi connectivity index (χ4v) is 6.75. The van der Waals surface area contributed by atoms with Crippen LogP contribution in [0.3, 0.4) is 0 Å². The smallest absolute Gasteiger partial charge is 0.368 e. The summed E-state index contributed by atoms with van der Waals surface area (Å²) in [5.74, 6) is -1.75. The Bertz CT molecular complexity index is 899. The van der Waals surface area contributed by atoms with Gasteiger partial charge in [0.1, 0.15) is 11.8 Å². The number of carbonyl (C=O) groups excluding carboxylic acids is 1. The molecule has 1 fully saturated rings. The predicted octanol–water partition coefficient (Wildman–Crippen LogP) is 3.49. The first kappa shape index (κ1) is 25.0. The molecule has 3 unspecified atom stereocenters. The van der Waals surface area contributed by atoms with Crippen LogP contribution in [0.2, 0.25) is 0 Å². The molecule has 1 amide bonds. The number of hydrogen-bond donors (Lipinski definition) is 1. The zero-order valence-corrected chi connectivity index (χ0v) is 19.3. The highest BCUT2D eigenvalue weighted by molar-refractivity contribution is 7.99. The third kappa shape index (κ3) is 4.40. The number of ether oxygens (including phenoxy) is 1. The normalized spacial score (nSPS) is 20.4. The lowest BCUT2D eigenvalue weighted by Gasteiger charge is -2.54. The van der Waals surface area contributed by atoms with Gasteiger partial charge >= 0.3 is 13.6 Å². The Kier molecular flexibility index (Phi) is 8.39. The van der Waals surface area contributed by atoms with Crippen molar-refractivity contribution in [3.05, 3.63) is 40.3 Å². The number of carboxylic acid groups (broad SMARTS) is 1. The van der Waals surface area contributed by atoms with E-state index in [0.717, 1.165) is 16.7 Å². The number of carbonyl (C=O) groups is 2. The molecule has 0 aromatic heterocycles. The summed E-state index contributed by atoms with van der Waals surface area (Å²) < 4.78 is 29.9. The summed E-state index contributed by atoms with van der Waals surface area (Å²) in [4.78, 5) is 29.4. The van der Waals surface area contributed by atoms with Gasteiger partial charge in [-0.25, -0.2) is 4.79 Å². The number of rotatable bonds is 12. The summed E-state index contributed by atoms with van der Waals surface area (Å²) in [6, 6.07) is 5.36. The lowest BCUT2D eigenvalue weighted by atomic mass is 9.97. The molecule has 1 heterocycles. The van der Waals surface area contributed by atoms with Crippen LogP contribution in [0.5, 0.6) is 5.75 Å². The number of carboxylic acids is 1. The first-order valence-electron chi connectivity index (χ1n) is 9.42. The summed E-state index contributed by atoms with van der Waals surface area (Å²) in [7, 11) is -2.94. The molecule has 0 saturated carbocycles. The molecule has 170 valence electrons. The number of hydrogen-bond acceptors (Lipinski definition) is 8. The average molecular weight is 472 g/mol. The second-order valence-electron chi connectivity index (χ2n) is 6.46. The number of benzene rings is 1. The van der Waals surface area contributed by atoms with Crippen molar-refractivity contribution in [1.82, 2.24) is 4.90 Å². The van der Waals surface area contributed by atoms with Crippen LogP contribution in [0, 0.1) is 0 Å². The van der Waals surface area contributed by atoms with Crippen LogP contribution >= 0.6 is 19.4 Å². The summed E-state index contributed by atoms with van der Waals surface area (Å²) in [6.45, 7) is 2.91. The van der Waals surface area contributed by atoms with Gasteiger partial charge in [0.05, 0.1) is 25.7 Å². The highest BCUT2D eigenvalue weighted by Crippen LogP contribution is 2.65. The Hall–Kier alpha value is -2.23. The molecule has 0 radical (unpaired) electrons. The summed E-state index contributed by atoms with van der Waals surface area (Å²) >= 11 is 1.11. The van der Waals surface area contributed by atoms with Crippen molar-refractivity contribution in [1.29, 1.82) is 0 Å². The molecule has 31 heavy (non-hydrogen) atoms. The molecule has 0 spiro atoms. The minimum atomic E-state index is -4.43. The Balaban J connectivity index is 2.71. The topological polar surface area (TPSA) is 151 Å². The third-order valence-electron chi connectivity index (χ3n) is 4.83. The molecule has 1 aromatic rings. The van der Waals surface area contributed by atoms with E-state index in [1.807, 2.05) is 0 Å². The standard InChI is InChI=1S/C18H25N4O7PS/c1-5-28-30(26,29-6-2)18(17(24)25,11-12-7-9-13(27-3)10-8-12)22-15(23)14(20-21-19)16(22)31-4/h7-10,14,16H,5-6,11H2,1-4H3,(H,24,25). The van der Waals surface area contributed by atoms with Crippen LogP contribution in [-0.2, 0) is 29.6 Å². The van der Waals surface area contributed by atoms with Gasteiger partial charge in [-0.15, -0.1) is 11.8 Å². The molecular formula is C18H25N4O7PS. The first-order valence-corrected chi connectivity index (χ1v) is 12.2. The first-order chi connectivity index (χ1) is 14.8. The highest BCUT2D eigenvalue weighted by Gasteiger charge is 2.69. The number of nitrogens with zero attached hydrogens (tertiary/aromatic N) is 4. The van der Waals surface area contributed by atoms with Gasteiger partial charge < -0.3 is 23.8 Å². The highest BCUT2D eigenvalue weighted by atomic mass is 32.2. The minimum Gasteiger partial charge on any atom is -0.497 e. The maximum atomic E-state index is 14.0. The summed E-state index contributed by atoms with van der Waals surface area (Å²) in [6.07, 6.45) is 1.28. The zero-order chi connectivity index (χ0) is 23.2. The van der Waals surface area contributed by atoms with Crippen molar-refractivity contribution in [2.45, 2.75) is 37.0 Å². The molecule has 1 aliphatic heterocycles. The van der Waals surface area contributed by atoms with Crippen LogP contribution < -0.4 is 4.74 Å². The Labute approximate surface area is 184 Å². The van der Waals surface area contributed by atoms with Crippen LogP contribution in [-0.4, -0.2) is 65.2 Å². The van der Waals surface area contributed by atoms with E-state index in [-0.39, 0.29) is 19.6 Å². The molecule has 0 bridgehead atoms. The lowest BCUT2D eigenvalue weighted by molar-refractivity contribution is -0.164. The van der Waals surface area contributed by atoms with Crippen LogP contribution in [0.1, 0.15) is 19.4 Å². The van der Waals surface area contributed by atoms with E-state index in [0.29, 0.717) is 11.3 Å². The largest absolute Gasteiger partial charge is 0.497 e. The average Bonchev–Trinajstić information content (AvgIpc) is 2.75. The van der Waals surface area contributed by atoms with Crippen LogP contribution in [0.4, 0.5) is 0 Å². The fraction of sp³-hybridized carbons (Fsp3) is 0.556. The van der Waals surface area contributed by atoms with Crippen molar-refractivity contribution >= 4 is 31.2 Å². The van der Waals surface area contributed by atoms with E-state index in [9.17, 15) is 19.3 Å². The monoisotopic (exact) mass is 472 g/mol. The number of β-lactam (4-membered cyclic amide) rings is 1. The van der Waals surface area contributed by atoms with Gasteiger partial charge in [-0.2, -0.15) is 0 Å². The van der Waals surface area contributed by atoms with Crippen LogP contribution in [0.25, 0.3) is 10.4 Å². The van der Waals surface area contributed by atoms with Gasteiger partial charge in [-0.1, -0.05) is 17.2 Å². The number of thioether (sulfide) groups is 1. The lowest BCUT2D eigenvalue weighted by Crippen LogP contribution is -2.73. The van der Waals surface area contributed by atoms with Gasteiger partial charge in [0.15, 0.2) is 0 Å². The van der Waals surface area contributed by atoms with Crippen molar-refractivity contribution in [2.75, 3.05) is 26.6 Å². The van der Waals surface area contributed by atoms with E-state index in [2.05, 4.69) is 10.0 Å². The molecule has 3 atom stereocenters.